The third kappa shape index (κ3) is 6.80. The number of esters is 5. The standard InChI is InChI=1S/C17H24O11/c1-7(23-8(2)18)13-14(24-9(3)19)15(25-10(4)20)16(26-11(5)21)17(28-13)27-12(6)22/h7,13-17H,1-6H3/t7-,13-,14-,15+,16-,17-/m1/s1. The van der Waals surface area contributed by atoms with Gasteiger partial charge in [0.15, 0.2) is 12.2 Å². The Bertz CT molecular complexity index is 629. The summed E-state index contributed by atoms with van der Waals surface area (Å²) in [5.74, 6) is -3.72. The topological polar surface area (TPSA) is 141 Å². The first kappa shape index (κ1) is 23.3. The van der Waals surface area contributed by atoms with Gasteiger partial charge < -0.3 is 28.4 Å². The van der Waals surface area contributed by atoms with E-state index in [1.807, 2.05) is 0 Å². The molecular formula is C17H24O11. The molecule has 0 aromatic rings. The molecule has 0 aliphatic carbocycles. The largest absolute Gasteiger partial charge is 0.460 e. The van der Waals surface area contributed by atoms with E-state index >= 15 is 0 Å². The summed E-state index contributed by atoms with van der Waals surface area (Å²) >= 11 is 0. The molecule has 0 saturated carbocycles. The van der Waals surface area contributed by atoms with Crippen LogP contribution in [-0.4, -0.2) is 66.7 Å². The van der Waals surface area contributed by atoms with Crippen molar-refractivity contribution in [2.75, 3.05) is 0 Å². The molecule has 6 atom stereocenters. The molecule has 0 bridgehead atoms. The van der Waals surface area contributed by atoms with E-state index in [0.717, 1.165) is 34.6 Å². The lowest BCUT2D eigenvalue weighted by Crippen LogP contribution is -2.64. The molecule has 11 nitrogen and oxygen atoms in total. The summed E-state index contributed by atoms with van der Waals surface area (Å²) in [6.07, 6.45) is -7.79. The van der Waals surface area contributed by atoms with Crippen molar-refractivity contribution in [3.63, 3.8) is 0 Å². The van der Waals surface area contributed by atoms with Crippen LogP contribution in [0.25, 0.3) is 0 Å². The van der Waals surface area contributed by atoms with E-state index in [0.29, 0.717) is 0 Å². The molecule has 0 spiro atoms. The van der Waals surface area contributed by atoms with Gasteiger partial charge in [-0.3, -0.25) is 24.0 Å². The summed E-state index contributed by atoms with van der Waals surface area (Å²) in [5.41, 5.74) is 0. The number of carbonyl (C=O) groups is 5. The van der Waals surface area contributed by atoms with Gasteiger partial charge in [0.1, 0.15) is 12.2 Å². The average Bonchev–Trinajstić information content (AvgIpc) is 2.50. The normalized spacial score (nSPS) is 27.7. The van der Waals surface area contributed by atoms with Crippen molar-refractivity contribution in [1.29, 1.82) is 0 Å². The number of hydrogen-bond donors (Lipinski definition) is 0. The Morgan fingerprint density at radius 2 is 1.07 bits per heavy atom. The number of ether oxygens (including phenoxy) is 6. The predicted octanol–water partition coefficient (Wildman–Crippen LogP) is 0.0211. The van der Waals surface area contributed by atoms with Crippen LogP contribution in [0.2, 0.25) is 0 Å². The van der Waals surface area contributed by atoms with Gasteiger partial charge in [-0.05, 0) is 6.92 Å². The molecule has 0 aromatic heterocycles. The highest BCUT2D eigenvalue weighted by atomic mass is 16.7. The molecule has 1 rings (SSSR count). The molecule has 0 unspecified atom stereocenters. The molecule has 0 N–H and O–H groups in total. The van der Waals surface area contributed by atoms with Crippen LogP contribution in [-0.2, 0) is 52.4 Å². The van der Waals surface area contributed by atoms with Gasteiger partial charge in [-0.1, -0.05) is 0 Å². The van der Waals surface area contributed by atoms with Crippen LogP contribution in [0.4, 0.5) is 0 Å². The van der Waals surface area contributed by atoms with Crippen molar-refractivity contribution >= 4 is 29.8 Å². The molecule has 1 aliphatic heterocycles. The van der Waals surface area contributed by atoms with Gasteiger partial charge in [-0.15, -0.1) is 0 Å². The summed E-state index contributed by atoms with van der Waals surface area (Å²) in [6, 6.07) is 0. The Labute approximate surface area is 161 Å². The first-order valence-corrected chi connectivity index (χ1v) is 8.44. The fourth-order valence-corrected chi connectivity index (χ4v) is 2.77. The van der Waals surface area contributed by atoms with Gasteiger partial charge in [0.2, 0.25) is 12.4 Å². The summed E-state index contributed by atoms with van der Waals surface area (Å²) in [5, 5.41) is 0. The van der Waals surface area contributed by atoms with E-state index in [1.165, 1.54) is 6.92 Å². The molecular weight excluding hydrogens is 380 g/mol. The van der Waals surface area contributed by atoms with E-state index < -0.39 is 66.7 Å². The number of rotatable bonds is 6. The molecule has 28 heavy (non-hydrogen) atoms. The van der Waals surface area contributed by atoms with Crippen LogP contribution >= 0.6 is 0 Å². The van der Waals surface area contributed by atoms with Crippen molar-refractivity contribution in [2.45, 2.75) is 78.4 Å². The zero-order valence-corrected chi connectivity index (χ0v) is 16.5. The van der Waals surface area contributed by atoms with Crippen LogP contribution < -0.4 is 0 Å². The molecule has 158 valence electrons. The lowest BCUT2D eigenvalue weighted by Gasteiger charge is -2.45. The fraction of sp³-hybridized carbons (Fsp3) is 0.706. The first-order chi connectivity index (χ1) is 12.9. The van der Waals surface area contributed by atoms with E-state index in [-0.39, 0.29) is 0 Å². The fourth-order valence-electron chi connectivity index (χ4n) is 2.77. The lowest BCUT2D eigenvalue weighted by atomic mass is 9.95. The molecule has 0 amide bonds. The number of hydrogen-bond acceptors (Lipinski definition) is 11. The SMILES string of the molecule is CC(=O)O[C@@H]1O[C@H]([C@@H](C)OC(C)=O)[C@@H](OC(C)=O)[C@H](OC(C)=O)[C@H]1OC(C)=O. The maximum atomic E-state index is 11.6. The molecule has 1 heterocycles. The highest BCUT2D eigenvalue weighted by Gasteiger charge is 2.55. The minimum absolute atomic E-state index is 0.646. The van der Waals surface area contributed by atoms with E-state index in [2.05, 4.69) is 0 Å². The average molecular weight is 404 g/mol. The van der Waals surface area contributed by atoms with Crippen molar-refractivity contribution < 1.29 is 52.4 Å². The Kier molecular flexibility index (Phi) is 8.35. The van der Waals surface area contributed by atoms with Gasteiger partial charge in [0.05, 0.1) is 0 Å². The Hall–Kier alpha value is -2.69. The molecule has 1 aliphatic rings. The third-order valence-corrected chi connectivity index (χ3v) is 3.53. The second-order valence-electron chi connectivity index (χ2n) is 6.12. The lowest BCUT2D eigenvalue weighted by molar-refractivity contribution is -0.307. The summed E-state index contributed by atoms with van der Waals surface area (Å²) in [4.78, 5) is 57.5. The summed E-state index contributed by atoms with van der Waals surface area (Å²) in [7, 11) is 0. The van der Waals surface area contributed by atoms with Crippen LogP contribution in [0.15, 0.2) is 0 Å². The van der Waals surface area contributed by atoms with Crippen molar-refractivity contribution in [3.05, 3.63) is 0 Å². The van der Waals surface area contributed by atoms with Crippen LogP contribution in [0, 0.1) is 0 Å². The van der Waals surface area contributed by atoms with Crippen LogP contribution in [0.1, 0.15) is 41.5 Å². The number of carbonyl (C=O) groups excluding carboxylic acids is 5. The van der Waals surface area contributed by atoms with E-state index in [1.54, 1.807) is 0 Å². The summed E-state index contributed by atoms with van der Waals surface area (Å²) in [6.45, 7) is 6.99. The van der Waals surface area contributed by atoms with Crippen molar-refractivity contribution in [3.8, 4) is 0 Å². The van der Waals surface area contributed by atoms with Gasteiger partial charge in [-0.25, -0.2) is 0 Å². The highest BCUT2D eigenvalue weighted by Crippen LogP contribution is 2.31. The minimum atomic E-state index is -1.50. The van der Waals surface area contributed by atoms with Crippen LogP contribution in [0.3, 0.4) is 0 Å². The van der Waals surface area contributed by atoms with Gasteiger partial charge in [0, 0.05) is 34.6 Å². The highest BCUT2D eigenvalue weighted by molar-refractivity contribution is 5.69. The second-order valence-corrected chi connectivity index (χ2v) is 6.12. The Morgan fingerprint density at radius 3 is 1.50 bits per heavy atom. The van der Waals surface area contributed by atoms with E-state index in [9.17, 15) is 24.0 Å². The molecule has 1 saturated heterocycles. The van der Waals surface area contributed by atoms with Crippen molar-refractivity contribution in [1.82, 2.24) is 0 Å². The van der Waals surface area contributed by atoms with Gasteiger partial charge in [0.25, 0.3) is 0 Å². The third-order valence-electron chi connectivity index (χ3n) is 3.53. The second kappa shape index (κ2) is 10.0. The molecule has 0 radical (unpaired) electrons. The molecule has 0 aromatic carbocycles. The van der Waals surface area contributed by atoms with Crippen LogP contribution in [0.5, 0.6) is 0 Å². The molecule has 11 heteroatoms. The van der Waals surface area contributed by atoms with E-state index in [4.69, 9.17) is 28.4 Å². The minimum Gasteiger partial charge on any atom is -0.460 e. The quantitative estimate of drug-likeness (QED) is 0.437. The molecule has 1 fully saturated rings. The Morgan fingerprint density at radius 1 is 0.643 bits per heavy atom. The van der Waals surface area contributed by atoms with Gasteiger partial charge in [-0.2, -0.15) is 0 Å². The smallest absolute Gasteiger partial charge is 0.305 e. The predicted molar refractivity (Wildman–Crippen MR) is 88.3 cm³/mol. The Balaban J connectivity index is 3.39. The first-order valence-electron chi connectivity index (χ1n) is 8.44. The van der Waals surface area contributed by atoms with Gasteiger partial charge >= 0.3 is 29.8 Å². The maximum absolute atomic E-state index is 11.6. The zero-order valence-electron chi connectivity index (χ0n) is 16.5. The van der Waals surface area contributed by atoms with Crippen molar-refractivity contribution in [2.24, 2.45) is 0 Å². The monoisotopic (exact) mass is 404 g/mol. The summed E-state index contributed by atoms with van der Waals surface area (Å²) < 4.78 is 31.3. The maximum Gasteiger partial charge on any atom is 0.305 e. The zero-order chi connectivity index (χ0) is 21.6.